The zero-order chi connectivity index (χ0) is 37.1. The number of aliphatic carboxylic acids is 2. The molecule has 0 aromatic heterocycles. The molecule has 1 heterocycles. The number of methoxy groups -OCH3 is 1. The molecule has 1 aliphatic heterocycles. The normalized spacial score (nSPS) is 13.6. The molecule has 49 heavy (non-hydrogen) atoms. The van der Waals surface area contributed by atoms with Crippen LogP contribution in [0.2, 0.25) is 5.02 Å². The van der Waals surface area contributed by atoms with Crippen LogP contribution in [0.5, 0.6) is 5.75 Å². The third kappa shape index (κ3) is 13.6. The number of para-hydroxylation sites is 1. The predicted octanol–water partition coefficient (Wildman–Crippen LogP) is 3.29. The van der Waals surface area contributed by atoms with E-state index in [9.17, 15) is 28.8 Å². The molecule has 1 unspecified atom stereocenters. The Balaban J connectivity index is 0.000000469. The van der Waals surface area contributed by atoms with Gasteiger partial charge in [-0.3, -0.25) is 4.79 Å². The van der Waals surface area contributed by atoms with Gasteiger partial charge < -0.3 is 45.3 Å². The highest BCUT2D eigenvalue weighted by Gasteiger charge is 2.39. The molecule has 6 N–H and O–H groups in total. The maximum absolute atomic E-state index is 12.9. The molecule has 0 saturated heterocycles. The first-order valence-electron chi connectivity index (χ1n) is 14.3. The maximum atomic E-state index is 12.9. The molecule has 15 nitrogen and oxygen atoms in total. The molecule has 16 heteroatoms. The molecule has 0 aliphatic carbocycles. The number of nitrogens with one attached hydrogen (secondary N) is 1. The third-order valence-electron chi connectivity index (χ3n) is 6.01. The van der Waals surface area contributed by atoms with Crippen molar-refractivity contribution < 1.29 is 63.0 Å². The van der Waals surface area contributed by atoms with E-state index in [-0.39, 0.29) is 30.1 Å². The molecule has 0 bridgehead atoms. The SMILES string of the molecule is CC(=O)Oc1ccccc1C(=O)O.CCOC(=O)C1=C(COCCN)NC(C)=C(C(=O)OC)C1c1ccccc1Cl.O=C(O)/C=C\C(=O)O. The Morgan fingerprint density at radius 3 is 2.02 bits per heavy atom. The van der Waals surface area contributed by atoms with Gasteiger partial charge in [0.05, 0.1) is 49.7 Å². The van der Waals surface area contributed by atoms with E-state index < -0.39 is 41.7 Å². The van der Waals surface area contributed by atoms with Crippen LogP contribution < -0.4 is 15.8 Å². The first-order chi connectivity index (χ1) is 23.2. The summed E-state index contributed by atoms with van der Waals surface area (Å²) in [5, 5.41) is 27.8. The molecule has 1 aliphatic rings. The number of benzene rings is 2. The van der Waals surface area contributed by atoms with E-state index in [2.05, 4.69) is 10.1 Å². The van der Waals surface area contributed by atoms with Crippen molar-refractivity contribution in [3.8, 4) is 5.75 Å². The second-order valence-corrected chi connectivity index (χ2v) is 9.88. The Kier molecular flexibility index (Phi) is 18.1. The summed E-state index contributed by atoms with van der Waals surface area (Å²) in [6, 6.07) is 13.0. The number of hydrogen-bond donors (Lipinski definition) is 5. The summed E-state index contributed by atoms with van der Waals surface area (Å²) in [7, 11) is 1.29. The fraction of sp³-hybridized carbons (Fsp3) is 0.273. The van der Waals surface area contributed by atoms with Crippen molar-refractivity contribution in [1.82, 2.24) is 5.32 Å². The quantitative estimate of drug-likeness (QED) is 0.0922. The minimum atomic E-state index is -1.26. The Bertz CT molecular complexity index is 1600. The van der Waals surface area contributed by atoms with Crippen LogP contribution >= 0.6 is 11.6 Å². The van der Waals surface area contributed by atoms with E-state index in [0.29, 0.717) is 52.9 Å². The van der Waals surface area contributed by atoms with Crippen LogP contribution in [-0.2, 0) is 38.2 Å². The highest BCUT2D eigenvalue weighted by atomic mass is 35.5. The number of ether oxygens (including phenoxy) is 4. The van der Waals surface area contributed by atoms with Gasteiger partial charge >= 0.3 is 35.8 Å². The number of allylic oxidation sites excluding steroid dienone is 1. The van der Waals surface area contributed by atoms with Crippen molar-refractivity contribution in [2.45, 2.75) is 26.7 Å². The number of aromatic carboxylic acids is 1. The van der Waals surface area contributed by atoms with Gasteiger partial charge in [-0.05, 0) is 37.6 Å². The van der Waals surface area contributed by atoms with E-state index in [4.69, 9.17) is 46.9 Å². The summed E-state index contributed by atoms with van der Waals surface area (Å²) in [5.41, 5.74) is 7.68. The minimum absolute atomic E-state index is 0.0160. The van der Waals surface area contributed by atoms with E-state index >= 15 is 0 Å². The second kappa shape index (κ2) is 21.4. The molecule has 0 radical (unpaired) electrons. The molecule has 1 atom stereocenters. The Morgan fingerprint density at radius 1 is 0.918 bits per heavy atom. The minimum Gasteiger partial charge on any atom is -0.478 e. The highest BCUT2D eigenvalue weighted by Crippen LogP contribution is 2.41. The van der Waals surface area contributed by atoms with Crippen LogP contribution in [0.25, 0.3) is 0 Å². The van der Waals surface area contributed by atoms with Crippen molar-refractivity contribution >= 4 is 47.4 Å². The van der Waals surface area contributed by atoms with Crippen LogP contribution in [0.1, 0.15) is 42.6 Å². The van der Waals surface area contributed by atoms with E-state index in [0.717, 1.165) is 0 Å². The lowest BCUT2D eigenvalue weighted by atomic mass is 9.80. The number of dihydropyridines is 1. The zero-order valence-electron chi connectivity index (χ0n) is 27.1. The Labute approximate surface area is 286 Å². The average Bonchev–Trinajstić information content (AvgIpc) is 3.04. The van der Waals surface area contributed by atoms with Crippen molar-refractivity contribution in [2.24, 2.45) is 5.73 Å². The first kappa shape index (κ1) is 41.5. The number of esters is 3. The van der Waals surface area contributed by atoms with Gasteiger partial charge in [-0.15, -0.1) is 0 Å². The fourth-order valence-electron chi connectivity index (χ4n) is 4.15. The number of hydrogen-bond acceptors (Lipinski definition) is 12. The van der Waals surface area contributed by atoms with Crippen molar-refractivity contribution in [3.05, 3.63) is 99.4 Å². The third-order valence-corrected chi connectivity index (χ3v) is 6.35. The molecule has 0 spiro atoms. The number of carbonyl (C=O) groups is 6. The molecular weight excluding hydrogens is 668 g/mol. The van der Waals surface area contributed by atoms with E-state index in [1.54, 1.807) is 50.2 Å². The summed E-state index contributed by atoms with van der Waals surface area (Å²) in [6.45, 7) is 5.64. The summed E-state index contributed by atoms with van der Waals surface area (Å²) in [4.78, 5) is 65.8. The lowest BCUT2D eigenvalue weighted by Gasteiger charge is -2.31. The van der Waals surface area contributed by atoms with Gasteiger partial charge in [-0.25, -0.2) is 24.0 Å². The van der Waals surface area contributed by atoms with Gasteiger partial charge in [0, 0.05) is 36.3 Å². The fourth-order valence-corrected chi connectivity index (χ4v) is 4.39. The molecule has 0 fully saturated rings. The van der Waals surface area contributed by atoms with Crippen LogP contribution in [0.3, 0.4) is 0 Å². The lowest BCUT2D eigenvalue weighted by molar-refractivity contribution is -0.139. The van der Waals surface area contributed by atoms with Gasteiger partial charge in [0.25, 0.3) is 0 Å². The van der Waals surface area contributed by atoms with Gasteiger partial charge in [-0.1, -0.05) is 41.9 Å². The van der Waals surface area contributed by atoms with Gasteiger partial charge in [0.15, 0.2) is 0 Å². The highest BCUT2D eigenvalue weighted by molar-refractivity contribution is 6.31. The standard InChI is InChI=1S/C20H25ClN2O5.C9H8O4.C4H4O4/c1-4-28-20(25)18-15(11-27-10-9-22)23-12(2)16(19(24)26-3)17(18)13-7-5-6-8-14(13)21;1-6(10)13-8-5-3-2-4-7(8)9(11)12;5-3(6)1-2-4(7)8/h5-8,17,23H,4,9-11,22H2,1-3H3;2-5H,1H3,(H,11,12);1-2H,(H,5,6)(H,7,8)/b;;2-1-. The van der Waals surface area contributed by atoms with Crippen molar-refractivity contribution in [1.29, 1.82) is 0 Å². The van der Waals surface area contributed by atoms with Crippen LogP contribution in [-0.4, -0.2) is 84.6 Å². The maximum Gasteiger partial charge on any atom is 0.339 e. The summed E-state index contributed by atoms with van der Waals surface area (Å²) < 4.78 is 20.5. The molecule has 2 aromatic rings. The zero-order valence-corrected chi connectivity index (χ0v) is 27.8. The van der Waals surface area contributed by atoms with Crippen LogP contribution in [0.15, 0.2) is 83.2 Å². The number of halogens is 1. The van der Waals surface area contributed by atoms with Gasteiger partial charge in [0.2, 0.25) is 0 Å². The lowest BCUT2D eigenvalue weighted by Crippen LogP contribution is -2.35. The Hall–Kier alpha value is -5.51. The summed E-state index contributed by atoms with van der Waals surface area (Å²) in [6.07, 6.45) is 1.12. The molecule has 3 rings (SSSR count). The number of rotatable bonds is 12. The average molecular weight is 705 g/mol. The number of carboxylic acid groups (broad SMARTS) is 3. The Morgan fingerprint density at radius 2 is 1.51 bits per heavy atom. The largest absolute Gasteiger partial charge is 0.478 e. The molecule has 0 saturated carbocycles. The summed E-state index contributed by atoms with van der Waals surface area (Å²) in [5.74, 6) is -5.95. The van der Waals surface area contributed by atoms with Crippen molar-refractivity contribution in [2.75, 3.05) is 33.5 Å². The van der Waals surface area contributed by atoms with Gasteiger partial charge in [0.1, 0.15) is 11.3 Å². The predicted molar refractivity (Wildman–Crippen MR) is 175 cm³/mol. The molecule has 2 aromatic carbocycles. The summed E-state index contributed by atoms with van der Waals surface area (Å²) >= 11 is 6.42. The number of nitrogens with two attached hydrogens (primary N) is 1. The topological polar surface area (TPSA) is 238 Å². The van der Waals surface area contributed by atoms with Gasteiger partial charge in [-0.2, -0.15) is 0 Å². The smallest absolute Gasteiger partial charge is 0.339 e. The second-order valence-electron chi connectivity index (χ2n) is 9.47. The number of carboxylic acids is 3. The molecule has 0 amide bonds. The number of carbonyl (C=O) groups excluding carboxylic acids is 3. The molecular formula is C33H37ClN2O13. The molecule has 264 valence electrons. The van der Waals surface area contributed by atoms with Crippen LogP contribution in [0, 0.1) is 0 Å². The van der Waals surface area contributed by atoms with Crippen molar-refractivity contribution in [3.63, 3.8) is 0 Å². The van der Waals surface area contributed by atoms with E-state index in [1.165, 1.54) is 26.2 Å². The van der Waals surface area contributed by atoms with Crippen LogP contribution in [0.4, 0.5) is 0 Å². The first-order valence-corrected chi connectivity index (χ1v) is 14.7. The monoisotopic (exact) mass is 704 g/mol. The van der Waals surface area contributed by atoms with E-state index in [1.807, 2.05) is 0 Å².